The SMILES string of the molecule is OC1(CNC[C@@]2(O)CCN(c3ccnc4cccnc34)C2)CCCCC1. The van der Waals surface area contributed by atoms with Gasteiger partial charge in [-0.3, -0.25) is 9.97 Å². The molecule has 1 saturated heterocycles. The van der Waals surface area contributed by atoms with Gasteiger partial charge in [0, 0.05) is 38.6 Å². The number of pyridine rings is 2. The van der Waals surface area contributed by atoms with Gasteiger partial charge in [0.15, 0.2) is 0 Å². The van der Waals surface area contributed by atoms with Crippen molar-refractivity contribution in [2.45, 2.75) is 49.7 Å². The van der Waals surface area contributed by atoms with Crippen LogP contribution in [0.1, 0.15) is 38.5 Å². The minimum Gasteiger partial charge on any atom is -0.389 e. The van der Waals surface area contributed by atoms with Crippen LogP contribution in [0.15, 0.2) is 30.6 Å². The highest BCUT2D eigenvalue weighted by Crippen LogP contribution is 2.31. The van der Waals surface area contributed by atoms with Crippen LogP contribution in [0.3, 0.4) is 0 Å². The van der Waals surface area contributed by atoms with Crippen molar-refractivity contribution < 1.29 is 10.2 Å². The van der Waals surface area contributed by atoms with Gasteiger partial charge in [0.1, 0.15) is 5.52 Å². The van der Waals surface area contributed by atoms with Crippen LogP contribution in [0.5, 0.6) is 0 Å². The number of nitrogens with one attached hydrogen (secondary N) is 1. The number of aliphatic hydroxyl groups is 2. The van der Waals surface area contributed by atoms with E-state index in [2.05, 4.69) is 20.2 Å². The second-order valence-corrected chi connectivity index (χ2v) is 7.99. The lowest BCUT2D eigenvalue weighted by molar-refractivity contribution is -0.00337. The highest BCUT2D eigenvalue weighted by atomic mass is 16.3. The van der Waals surface area contributed by atoms with Crippen molar-refractivity contribution in [2.75, 3.05) is 31.1 Å². The molecule has 4 rings (SSSR count). The Morgan fingerprint density at radius 1 is 0.962 bits per heavy atom. The van der Waals surface area contributed by atoms with Gasteiger partial charge in [-0.2, -0.15) is 0 Å². The number of hydrogen-bond donors (Lipinski definition) is 3. The summed E-state index contributed by atoms with van der Waals surface area (Å²) < 4.78 is 0. The van der Waals surface area contributed by atoms with Crippen LogP contribution >= 0.6 is 0 Å². The van der Waals surface area contributed by atoms with E-state index in [4.69, 9.17) is 0 Å². The molecular formula is C20H28N4O2. The number of anilines is 1. The Morgan fingerprint density at radius 3 is 2.62 bits per heavy atom. The van der Waals surface area contributed by atoms with Crippen LogP contribution in [0.2, 0.25) is 0 Å². The Labute approximate surface area is 154 Å². The molecule has 1 aliphatic heterocycles. The molecule has 0 unspecified atom stereocenters. The van der Waals surface area contributed by atoms with Gasteiger partial charge in [0.05, 0.1) is 22.4 Å². The molecule has 3 N–H and O–H groups in total. The van der Waals surface area contributed by atoms with Crippen molar-refractivity contribution in [3.05, 3.63) is 30.6 Å². The summed E-state index contributed by atoms with van der Waals surface area (Å²) in [5.74, 6) is 0. The fourth-order valence-electron chi connectivity index (χ4n) is 4.34. The smallest absolute Gasteiger partial charge is 0.112 e. The van der Waals surface area contributed by atoms with Crippen molar-refractivity contribution in [3.63, 3.8) is 0 Å². The summed E-state index contributed by atoms with van der Waals surface area (Å²) in [6.45, 7) is 2.42. The Balaban J connectivity index is 1.39. The van der Waals surface area contributed by atoms with Crippen LogP contribution in [-0.4, -0.2) is 57.6 Å². The van der Waals surface area contributed by atoms with E-state index >= 15 is 0 Å². The minimum absolute atomic E-state index is 0.502. The van der Waals surface area contributed by atoms with E-state index in [0.29, 0.717) is 26.1 Å². The van der Waals surface area contributed by atoms with Crippen molar-refractivity contribution in [3.8, 4) is 0 Å². The summed E-state index contributed by atoms with van der Waals surface area (Å²) in [5.41, 5.74) is 1.40. The van der Waals surface area contributed by atoms with E-state index in [9.17, 15) is 10.2 Å². The van der Waals surface area contributed by atoms with E-state index in [-0.39, 0.29) is 0 Å². The number of rotatable bonds is 5. The monoisotopic (exact) mass is 356 g/mol. The average Bonchev–Trinajstić information content (AvgIpc) is 3.04. The molecule has 1 atom stereocenters. The molecular weight excluding hydrogens is 328 g/mol. The van der Waals surface area contributed by atoms with Crippen molar-refractivity contribution >= 4 is 16.7 Å². The van der Waals surface area contributed by atoms with Crippen LogP contribution in [0, 0.1) is 0 Å². The van der Waals surface area contributed by atoms with Crippen LogP contribution in [0.4, 0.5) is 5.69 Å². The molecule has 0 bridgehead atoms. The quantitative estimate of drug-likeness (QED) is 0.759. The van der Waals surface area contributed by atoms with Gasteiger partial charge in [-0.15, -0.1) is 0 Å². The maximum Gasteiger partial charge on any atom is 0.112 e. The fourth-order valence-corrected chi connectivity index (χ4v) is 4.34. The zero-order chi connectivity index (χ0) is 18.0. The lowest BCUT2D eigenvalue weighted by Crippen LogP contribution is -2.49. The second kappa shape index (κ2) is 7.10. The number of nitrogens with zero attached hydrogens (tertiary/aromatic N) is 3. The molecule has 2 aromatic heterocycles. The van der Waals surface area contributed by atoms with Gasteiger partial charge >= 0.3 is 0 Å². The largest absolute Gasteiger partial charge is 0.389 e. The highest BCUT2D eigenvalue weighted by molar-refractivity contribution is 5.87. The first-order valence-corrected chi connectivity index (χ1v) is 9.67. The molecule has 2 aliphatic rings. The van der Waals surface area contributed by atoms with Gasteiger partial charge in [0.2, 0.25) is 0 Å². The molecule has 0 radical (unpaired) electrons. The predicted octanol–water partition coefficient (Wildman–Crippen LogP) is 1.86. The van der Waals surface area contributed by atoms with E-state index in [1.54, 1.807) is 12.4 Å². The Kier molecular flexibility index (Phi) is 4.82. The number of hydrogen-bond acceptors (Lipinski definition) is 6. The summed E-state index contributed by atoms with van der Waals surface area (Å²) >= 11 is 0. The first kappa shape index (κ1) is 17.6. The third-order valence-electron chi connectivity index (χ3n) is 5.84. The van der Waals surface area contributed by atoms with E-state index in [0.717, 1.165) is 48.9 Å². The molecule has 140 valence electrons. The molecule has 3 heterocycles. The average molecular weight is 356 g/mol. The third kappa shape index (κ3) is 3.68. The van der Waals surface area contributed by atoms with E-state index in [1.165, 1.54) is 6.42 Å². The van der Waals surface area contributed by atoms with Gasteiger partial charge in [0.25, 0.3) is 0 Å². The van der Waals surface area contributed by atoms with Gasteiger partial charge in [-0.05, 0) is 37.5 Å². The third-order valence-corrected chi connectivity index (χ3v) is 5.84. The van der Waals surface area contributed by atoms with Crippen molar-refractivity contribution in [1.29, 1.82) is 0 Å². The maximum absolute atomic E-state index is 11.0. The van der Waals surface area contributed by atoms with Gasteiger partial charge in [-0.25, -0.2) is 0 Å². The van der Waals surface area contributed by atoms with Gasteiger partial charge in [-0.1, -0.05) is 19.3 Å². The lowest BCUT2D eigenvalue weighted by Gasteiger charge is -2.33. The molecule has 6 nitrogen and oxygen atoms in total. The van der Waals surface area contributed by atoms with Crippen molar-refractivity contribution in [2.24, 2.45) is 0 Å². The Morgan fingerprint density at radius 2 is 1.77 bits per heavy atom. The number of β-amino-alcohol motifs (C(OH)–C–C–N with tert-alkyl or cyclic N) is 1. The molecule has 2 fully saturated rings. The fraction of sp³-hybridized carbons (Fsp3) is 0.600. The maximum atomic E-state index is 11.0. The van der Waals surface area contributed by atoms with Crippen LogP contribution in [0.25, 0.3) is 11.0 Å². The molecule has 0 aromatic carbocycles. The number of aromatic nitrogens is 2. The molecule has 1 saturated carbocycles. The topological polar surface area (TPSA) is 81.5 Å². The summed E-state index contributed by atoms with van der Waals surface area (Å²) in [5, 5.41) is 24.9. The highest BCUT2D eigenvalue weighted by Gasteiger charge is 2.37. The second-order valence-electron chi connectivity index (χ2n) is 7.99. The van der Waals surface area contributed by atoms with Crippen LogP contribution < -0.4 is 10.2 Å². The summed E-state index contributed by atoms with van der Waals surface area (Å²) in [6.07, 6.45) is 9.41. The first-order chi connectivity index (χ1) is 12.6. The molecule has 0 spiro atoms. The van der Waals surface area contributed by atoms with Crippen LogP contribution in [-0.2, 0) is 0 Å². The Hall–Kier alpha value is -1.76. The molecule has 26 heavy (non-hydrogen) atoms. The van der Waals surface area contributed by atoms with Gasteiger partial charge < -0.3 is 20.4 Å². The molecule has 2 aromatic rings. The molecule has 6 heteroatoms. The lowest BCUT2D eigenvalue weighted by atomic mass is 9.85. The summed E-state index contributed by atoms with van der Waals surface area (Å²) in [6, 6.07) is 5.82. The zero-order valence-corrected chi connectivity index (χ0v) is 15.2. The normalized spacial score (nSPS) is 25.7. The summed E-state index contributed by atoms with van der Waals surface area (Å²) in [7, 11) is 0. The minimum atomic E-state index is -0.782. The zero-order valence-electron chi connectivity index (χ0n) is 15.2. The van der Waals surface area contributed by atoms with Crippen molar-refractivity contribution in [1.82, 2.24) is 15.3 Å². The van der Waals surface area contributed by atoms with E-state index in [1.807, 2.05) is 18.2 Å². The number of fused-ring (bicyclic) bond motifs is 1. The first-order valence-electron chi connectivity index (χ1n) is 9.67. The standard InChI is InChI=1S/C20H28N4O2/c25-19(7-2-1-3-8-19)13-21-14-20(26)9-12-24(15-20)17-6-11-22-16-5-4-10-23-18(16)17/h4-6,10-11,21,25-26H,1-3,7-9,12-15H2/t20-/m0/s1. The molecule has 0 amide bonds. The van der Waals surface area contributed by atoms with E-state index < -0.39 is 11.2 Å². The summed E-state index contributed by atoms with van der Waals surface area (Å²) in [4.78, 5) is 11.0. The molecule has 1 aliphatic carbocycles. The Bertz CT molecular complexity index is 757. The predicted molar refractivity (Wildman–Crippen MR) is 102 cm³/mol.